The number of hydrogen-bond acceptors (Lipinski definition) is 4. The van der Waals surface area contributed by atoms with Crippen molar-refractivity contribution in [2.24, 2.45) is 0 Å². The van der Waals surface area contributed by atoms with E-state index in [4.69, 9.17) is 21.1 Å². The first-order valence-corrected chi connectivity index (χ1v) is 6.84. The van der Waals surface area contributed by atoms with Crippen molar-refractivity contribution in [1.82, 2.24) is 4.98 Å². The van der Waals surface area contributed by atoms with Crippen LogP contribution in [0.3, 0.4) is 0 Å². The third-order valence-electron chi connectivity index (χ3n) is 3.03. The molecule has 0 atom stereocenters. The van der Waals surface area contributed by atoms with Gasteiger partial charge in [0.05, 0.1) is 10.7 Å². The van der Waals surface area contributed by atoms with E-state index in [0.717, 1.165) is 16.8 Å². The third kappa shape index (κ3) is 2.80. The third-order valence-corrected chi connectivity index (χ3v) is 3.31. The molecule has 5 heteroatoms. The van der Waals surface area contributed by atoms with Crippen molar-refractivity contribution < 1.29 is 9.47 Å². The van der Waals surface area contributed by atoms with Crippen molar-refractivity contribution in [3.05, 3.63) is 46.7 Å². The number of pyridine rings is 1. The maximum absolute atomic E-state index is 6.21. The second kappa shape index (κ2) is 5.59. The zero-order valence-corrected chi connectivity index (χ0v) is 11.9. The molecular formula is C15H15ClN2O2. The van der Waals surface area contributed by atoms with Gasteiger partial charge >= 0.3 is 0 Å². The molecule has 0 unspecified atom stereocenters. The molecule has 0 fully saturated rings. The van der Waals surface area contributed by atoms with Crippen LogP contribution in [0.5, 0.6) is 11.5 Å². The minimum Gasteiger partial charge on any atom is -0.486 e. The van der Waals surface area contributed by atoms with Gasteiger partial charge in [0.1, 0.15) is 13.2 Å². The van der Waals surface area contributed by atoms with Gasteiger partial charge in [-0.15, -0.1) is 0 Å². The van der Waals surface area contributed by atoms with Crippen molar-refractivity contribution in [1.29, 1.82) is 0 Å². The smallest absolute Gasteiger partial charge is 0.179 e. The lowest BCUT2D eigenvalue weighted by molar-refractivity contribution is 0.171. The maximum atomic E-state index is 6.21. The van der Waals surface area contributed by atoms with Crippen LogP contribution >= 0.6 is 11.6 Å². The highest BCUT2D eigenvalue weighted by molar-refractivity contribution is 6.32. The molecule has 0 saturated heterocycles. The van der Waals surface area contributed by atoms with Crippen LogP contribution in [0, 0.1) is 6.92 Å². The highest BCUT2D eigenvalue weighted by atomic mass is 35.5. The largest absolute Gasteiger partial charge is 0.486 e. The SMILES string of the molecule is Cc1cncc(NCc2cc(Cl)c3c(c2)OCCO3)c1. The summed E-state index contributed by atoms with van der Waals surface area (Å²) in [4.78, 5) is 4.15. The predicted octanol–water partition coefficient (Wildman–Crippen LogP) is 3.43. The summed E-state index contributed by atoms with van der Waals surface area (Å²) >= 11 is 6.21. The number of ether oxygens (including phenoxy) is 2. The van der Waals surface area contributed by atoms with Gasteiger partial charge in [-0.25, -0.2) is 0 Å². The number of fused-ring (bicyclic) bond motifs is 1. The Kier molecular flexibility index (Phi) is 3.65. The number of rotatable bonds is 3. The highest BCUT2D eigenvalue weighted by Gasteiger charge is 2.16. The number of halogens is 1. The second-order valence-electron chi connectivity index (χ2n) is 4.71. The number of hydrogen-bond donors (Lipinski definition) is 1. The van der Waals surface area contributed by atoms with Gasteiger partial charge in [0.2, 0.25) is 0 Å². The lowest BCUT2D eigenvalue weighted by Crippen LogP contribution is -2.16. The van der Waals surface area contributed by atoms with E-state index in [-0.39, 0.29) is 0 Å². The molecule has 0 amide bonds. The van der Waals surface area contributed by atoms with E-state index in [1.54, 1.807) is 6.20 Å². The van der Waals surface area contributed by atoms with Crippen LogP contribution in [-0.4, -0.2) is 18.2 Å². The molecule has 1 aromatic heterocycles. The number of aryl methyl sites for hydroxylation is 1. The molecule has 0 spiro atoms. The molecule has 4 nitrogen and oxygen atoms in total. The van der Waals surface area contributed by atoms with E-state index in [0.29, 0.717) is 36.3 Å². The van der Waals surface area contributed by atoms with Crippen molar-refractivity contribution in [2.75, 3.05) is 18.5 Å². The van der Waals surface area contributed by atoms with Crippen LogP contribution < -0.4 is 14.8 Å². The first kappa shape index (κ1) is 13.1. The normalized spacial score (nSPS) is 13.1. The fraction of sp³-hybridized carbons (Fsp3) is 0.267. The fourth-order valence-corrected chi connectivity index (χ4v) is 2.41. The van der Waals surface area contributed by atoms with Gasteiger partial charge < -0.3 is 14.8 Å². The van der Waals surface area contributed by atoms with Gasteiger partial charge in [-0.3, -0.25) is 4.98 Å². The summed E-state index contributed by atoms with van der Waals surface area (Å²) in [6, 6.07) is 5.90. The lowest BCUT2D eigenvalue weighted by atomic mass is 10.2. The Balaban J connectivity index is 1.76. The molecule has 0 saturated carbocycles. The summed E-state index contributed by atoms with van der Waals surface area (Å²) in [5, 5.41) is 3.90. The Morgan fingerprint density at radius 3 is 2.90 bits per heavy atom. The predicted molar refractivity (Wildman–Crippen MR) is 78.7 cm³/mol. The molecule has 0 bridgehead atoms. The van der Waals surface area contributed by atoms with Gasteiger partial charge in [-0.2, -0.15) is 0 Å². The van der Waals surface area contributed by atoms with Gasteiger partial charge in [0, 0.05) is 18.9 Å². The molecule has 2 heterocycles. The van der Waals surface area contributed by atoms with E-state index in [1.165, 1.54) is 0 Å². The van der Waals surface area contributed by atoms with Crippen molar-refractivity contribution in [3.8, 4) is 11.5 Å². The minimum absolute atomic E-state index is 0.541. The van der Waals surface area contributed by atoms with E-state index in [1.807, 2.05) is 31.3 Å². The molecule has 1 aliphatic heterocycles. The molecule has 20 heavy (non-hydrogen) atoms. The van der Waals surface area contributed by atoms with Crippen LogP contribution in [0.1, 0.15) is 11.1 Å². The average molecular weight is 291 g/mol. The minimum atomic E-state index is 0.541. The number of nitrogens with one attached hydrogen (secondary N) is 1. The van der Waals surface area contributed by atoms with Crippen LogP contribution in [0.25, 0.3) is 0 Å². The first-order chi connectivity index (χ1) is 9.72. The lowest BCUT2D eigenvalue weighted by Gasteiger charge is -2.20. The van der Waals surface area contributed by atoms with Crippen molar-refractivity contribution in [3.63, 3.8) is 0 Å². The summed E-state index contributed by atoms with van der Waals surface area (Å²) in [5.41, 5.74) is 3.15. The topological polar surface area (TPSA) is 43.4 Å². The van der Waals surface area contributed by atoms with Gasteiger partial charge in [-0.1, -0.05) is 11.6 Å². The molecule has 1 N–H and O–H groups in total. The average Bonchev–Trinajstić information content (AvgIpc) is 2.45. The Bertz CT molecular complexity index is 631. The van der Waals surface area contributed by atoms with E-state index in [9.17, 15) is 0 Å². The van der Waals surface area contributed by atoms with Gasteiger partial charge in [0.15, 0.2) is 11.5 Å². The van der Waals surface area contributed by atoms with Crippen LogP contribution in [0.15, 0.2) is 30.6 Å². The fourth-order valence-electron chi connectivity index (χ4n) is 2.12. The van der Waals surface area contributed by atoms with E-state index in [2.05, 4.69) is 10.3 Å². The summed E-state index contributed by atoms with van der Waals surface area (Å²) in [5.74, 6) is 1.35. The van der Waals surface area contributed by atoms with Gasteiger partial charge in [-0.05, 0) is 36.2 Å². The second-order valence-corrected chi connectivity index (χ2v) is 5.11. The quantitative estimate of drug-likeness (QED) is 0.940. The Hall–Kier alpha value is -1.94. The van der Waals surface area contributed by atoms with Crippen LogP contribution in [-0.2, 0) is 6.54 Å². The zero-order chi connectivity index (χ0) is 13.9. The highest BCUT2D eigenvalue weighted by Crippen LogP contribution is 2.38. The number of anilines is 1. The molecular weight excluding hydrogens is 276 g/mol. The molecule has 3 rings (SSSR count). The van der Waals surface area contributed by atoms with Crippen LogP contribution in [0.2, 0.25) is 5.02 Å². The Morgan fingerprint density at radius 1 is 1.20 bits per heavy atom. The summed E-state index contributed by atoms with van der Waals surface area (Å²) < 4.78 is 11.1. The molecule has 0 aliphatic carbocycles. The Labute approximate surface area is 122 Å². The number of benzene rings is 1. The molecule has 1 aliphatic rings. The van der Waals surface area contributed by atoms with Crippen molar-refractivity contribution in [2.45, 2.75) is 13.5 Å². The number of nitrogens with zero attached hydrogens (tertiary/aromatic N) is 1. The summed E-state index contributed by atoms with van der Waals surface area (Å²) in [7, 11) is 0. The van der Waals surface area contributed by atoms with Crippen molar-refractivity contribution >= 4 is 17.3 Å². The Morgan fingerprint density at radius 2 is 2.05 bits per heavy atom. The molecule has 1 aromatic carbocycles. The monoisotopic (exact) mass is 290 g/mol. The summed E-state index contributed by atoms with van der Waals surface area (Å²) in [6.45, 7) is 3.77. The van der Waals surface area contributed by atoms with E-state index >= 15 is 0 Å². The number of aromatic nitrogens is 1. The first-order valence-electron chi connectivity index (χ1n) is 6.46. The molecule has 2 aromatic rings. The molecule has 0 radical (unpaired) electrons. The van der Waals surface area contributed by atoms with Gasteiger partial charge in [0.25, 0.3) is 0 Å². The zero-order valence-electron chi connectivity index (χ0n) is 11.1. The van der Waals surface area contributed by atoms with E-state index < -0.39 is 0 Å². The van der Waals surface area contributed by atoms with Crippen LogP contribution in [0.4, 0.5) is 5.69 Å². The molecule has 104 valence electrons. The summed E-state index contributed by atoms with van der Waals surface area (Å²) in [6.07, 6.45) is 3.62. The standard InChI is InChI=1S/C15H15ClN2O2/c1-10-4-12(9-17-7-10)18-8-11-5-13(16)15-14(6-11)19-2-3-20-15/h4-7,9,18H,2-3,8H2,1H3. The maximum Gasteiger partial charge on any atom is 0.179 e.